The van der Waals surface area contributed by atoms with Crippen molar-refractivity contribution in [3.8, 4) is 5.75 Å². The van der Waals surface area contributed by atoms with Gasteiger partial charge >= 0.3 is 5.97 Å². The maximum absolute atomic E-state index is 12.2. The molecule has 0 bridgehead atoms. The molecule has 2 fully saturated rings. The molecule has 120 valence electrons. The van der Waals surface area contributed by atoms with E-state index in [0.29, 0.717) is 23.5 Å². The Morgan fingerprint density at radius 2 is 1.95 bits per heavy atom. The van der Waals surface area contributed by atoms with Crippen LogP contribution in [-0.2, 0) is 4.79 Å². The monoisotopic (exact) mass is 300 g/mol. The van der Waals surface area contributed by atoms with Gasteiger partial charge in [-0.15, -0.1) is 0 Å². The summed E-state index contributed by atoms with van der Waals surface area (Å²) in [5.74, 6) is 3.62. The van der Waals surface area contributed by atoms with Crippen LogP contribution in [0.3, 0.4) is 0 Å². The molecule has 22 heavy (non-hydrogen) atoms. The second-order valence-corrected chi connectivity index (χ2v) is 7.57. The molecule has 1 aromatic rings. The van der Waals surface area contributed by atoms with Crippen molar-refractivity contribution in [2.45, 2.75) is 58.8 Å². The predicted octanol–water partition coefficient (Wildman–Crippen LogP) is 5.18. The third kappa shape index (κ3) is 3.06. The quantitative estimate of drug-likeness (QED) is 0.534. The minimum atomic E-state index is -0.0112. The van der Waals surface area contributed by atoms with Crippen molar-refractivity contribution in [2.75, 3.05) is 0 Å². The molecule has 4 unspecified atom stereocenters. The Hall–Kier alpha value is -1.31. The van der Waals surface area contributed by atoms with Gasteiger partial charge in [0.2, 0.25) is 0 Å². The molecule has 2 saturated carbocycles. The Morgan fingerprint density at radius 3 is 2.41 bits per heavy atom. The topological polar surface area (TPSA) is 26.3 Å². The van der Waals surface area contributed by atoms with Crippen LogP contribution in [0, 0.1) is 23.7 Å². The Morgan fingerprint density at radius 1 is 1.23 bits per heavy atom. The van der Waals surface area contributed by atoms with Crippen LogP contribution in [-0.4, -0.2) is 5.97 Å². The zero-order valence-electron chi connectivity index (χ0n) is 14.0. The van der Waals surface area contributed by atoms with Crippen molar-refractivity contribution in [3.63, 3.8) is 0 Å². The minimum absolute atomic E-state index is 0.0112. The lowest BCUT2D eigenvalue weighted by atomic mass is 9.53. The molecule has 0 radical (unpaired) electrons. The maximum atomic E-state index is 12.2. The summed E-state index contributed by atoms with van der Waals surface area (Å²) in [5.41, 5.74) is 1.36. The summed E-state index contributed by atoms with van der Waals surface area (Å²) < 4.78 is 5.58. The number of esters is 1. The van der Waals surface area contributed by atoms with Gasteiger partial charge in [-0.1, -0.05) is 32.9 Å². The fourth-order valence-electron chi connectivity index (χ4n) is 4.10. The fourth-order valence-corrected chi connectivity index (χ4v) is 4.10. The number of ether oxygens (including phenoxy) is 1. The molecule has 4 atom stereocenters. The lowest BCUT2D eigenvalue weighted by molar-refractivity contribution is -0.154. The van der Waals surface area contributed by atoms with Crippen molar-refractivity contribution < 1.29 is 9.53 Å². The molecule has 0 aromatic heterocycles. The molecule has 0 heterocycles. The Kier molecular flexibility index (Phi) is 4.56. The number of hydrogen-bond acceptors (Lipinski definition) is 2. The smallest absolute Gasteiger partial charge is 0.314 e. The van der Waals surface area contributed by atoms with Crippen LogP contribution >= 0.6 is 0 Å². The van der Waals surface area contributed by atoms with Gasteiger partial charge in [0.15, 0.2) is 0 Å². The van der Waals surface area contributed by atoms with E-state index >= 15 is 0 Å². The average Bonchev–Trinajstić information content (AvgIpc) is 2.48. The van der Waals surface area contributed by atoms with Gasteiger partial charge < -0.3 is 4.74 Å². The molecule has 0 saturated heterocycles. The van der Waals surface area contributed by atoms with E-state index in [9.17, 15) is 4.79 Å². The molecule has 0 amide bonds. The van der Waals surface area contributed by atoms with Crippen molar-refractivity contribution in [1.29, 1.82) is 0 Å². The molecule has 3 rings (SSSR count). The van der Waals surface area contributed by atoms with Crippen molar-refractivity contribution >= 4 is 5.97 Å². The number of benzene rings is 1. The average molecular weight is 300 g/mol. The van der Waals surface area contributed by atoms with Crippen LogP contribution in [0.25, 0.3) is 0 Å². The SMILES string of the molecule is CCC(CC(C)C)c1ccc(OC(=O)C2CC3CCC32)cc1. The number of carbonyl (C=O) groups is 1. The highest BCUT2D eigenvalue weighted by Crippen LogP contribution is 2.54. The first-order valence-corrected chi connectivity index (χ1v) is 8.90. The first kappa shape index (κ1) is 15.6. The highest BCUT2D eigenvalue weighted by Gasteiger charge is 2.51. The molecule has 0 aliphatic heterocycles. The largest absolute Gasteiger partial charge is 0.426 e. The molecule has 2 aliphatic carbocycles. The van der Waals surface area contributed by atoms with E-state index in [-0.39, 0.29) is 11.9 Å². The summed E-state index contributed by atoms with van der Waals surface area (Å²) in [6, 6.07) is 8.19. The second kappa shape index (κ2) is 6.44. The number of carbonyl (C=O) groups excluding carboxylic acids is 1. The maximum Gasteiger partial charge on any atom is 0.314 e. The minimum Gasteiger partial charge on any atom is -0.426 e. The summed E-state index contributed by atoms with van der Waals surface area (Å²) in [6.07, 6.45) is 5.95. The molecular formula is C20H28O2. The van der Waals surface area contributed by atoms with E-state index in [4.69, 9.17) is 4.74 Å². The molecule has 2 aliphatic rings. The number of fused-ring (bicyclic) bond motifs is 1. The lowest BCUT2D eigenvalue weighted by Crippen LogP contribution is -2.49. The first-order valence-electron chi connectivity index (χ1n) is 8.90. The summed E-state index contributed by atoms with van der Waals surface area (Å²) in [5, 5.41) is 0. The van der Waals surface area contributed by atoms with Gasteiger partial charge in [0.25, 0.3) is 0 Å². The molecule has 2 nitrogen and oxygen atoms in total. The first-order chi connectivity index (χ1) is 10.6. The highest BCUT2D eigenvalue weighted by molar-refractivity contribution is 5.76. The zero-order valence-corrected chi connectivity index (χ0v) is 14.0. The van der Waals surface area contributed by atoms with Gasteiger partial charge in [-0.25, -0.2) is 0 Å². The van der Waals surface area contributed by atoms with Crippen LogP contribution in [0.1, 0.15) is 64.4 Å². The summed E-state index contributed by atoms with van der Waals surface area (Å²) in [4.78, 5) is 12.2. The van der Waals surface area contributed by atoms with Gasteiger partial charge in [-0.2, -0.15) is 0 Å². The van der Waals surface area contributed by atoms with Crippen LogP contribution in [0.2, 0.25) is 0 Å². The Balaban J connectivity index is 1.57. The molecule has 0 N–H and O–H groups in total. The Bertz CT molecular complexity index is 517. The lowest BCUT2D eigenvalue weighted by Gasteiger charge is -2.51. The van der Waals surface area contributed by atoms with Crippen molar-refractivity contribution in [2.24, 2.45) is 23.7 Å². The van der Waals surface area contributed by atoms with Crippen molar-refractivity contribution in [1.82, 2.24) is 0 Å². The van der Waals surface area contributed by atoms with E-state index < -0.39 is 0 Å². The molecule has 0 spiro atoms. The predicted molar refractivity (Wildman–Crippen MR) is 88.9 cm³/mol. The van der Waals surface area contributed by atoms with E-state index in [1.807, 2.05) is 12.1 Å². The highest BCUT2D eigenvalue weighted by atomic mass is 16.5. The normalized spacial score (nSPS) is 27.5. The third-order valence-corrected chi connectivity index (χ3v) is 5.67. The van der Waals surface area contributed by atoms with Crippen LogP contribution < -0.4 is 4.74 Å². The Labute approximate surface area is 134 Å². The van der Waals surface area contributed by atoms with E-state index in [2.05, 4.69) is 32.9 Å². The number of hydrogen-bond donors (Lipinski definition) is 0. The fraction of sp³-hybridized carbons (Fsp3) is 0.650. The third-order valence-electron chi connectivity index (χ3n) is 5.67. The van der Waals surface area contributed by atoms with Gasteiger partial charge in [0, 0.05) is 0 Å². The molecule has 1 aromatic carbocycles. The zero-order chi connectivity index (χ0) is 15.7. The number of rotatable bonds is 6. The molecular weight excluding hydrogens is 272 g/mol. The second-order valence-electron chi connectivity index (χ2n) is 7.57. The molecule has 2 heteroatoms. The van der Waals surface area contributed by atoms with E-state index in [1.165, 1.54) is 24.8 Å². The van der Waals surface area contributed by atoms with Crippen LogP contribution in [0.4, 0.5) is 0 Å². The van der Waals surface area contributed by atoms with E-state index in [0.717, 1.165) is 18.8 Å². The van der Waals surface area contributed by atoms with Crippen LogP contribution in [0.5, 0.6) is 5.75 Å². The summed E-state index contributed by atoms with van der Waals surface area (Å²) in [7, 11) is 0. The van der Waals surface area contributed by atoms with Gasteiger partial charge in [0.05, 0.1) is 5.92 Å². The van der Waals surface area contributed by atoms with Gasteiger partial charge in [-0.3, -0.25) is 4.79 Å². The van der Waals surface area contributed by atoms with E-state index in [1.54, 1.807) is 0 Å². The van der Waals surface area contributed by atoms with Crippen molar-refractivity contribution in [3.05, 3.63) is 29.8 Å². The standard InChI is InChI=1S/C20H28O2/c1-4-14(11-13(2)3)15-5-8-17(9-6-15)22-20(21)19-12-16-7-10-18(16)19/h5-6,8-9,13-14,16,18-19H,4,7,10-12H2,1-3H3. The summed E-state index contributed by atoms with van der Waals surface area (Å²) >= 11 is 0. The van der Waals surface area contributed by atoms with Gasteiger partial charge in [-0.05, 0) is 73.5 Å². The summed E-state index contributed by atoms with van der Waals surface area (Å²) in [6.45, 7) is 6.78. The van der Waals surface area contributed by atoms with Gasteiger partial charge in [0.1, 0.15) is 5.75 Å². The van der Waals surface area contributed by atoms with Crippen LogP contribution in [0.15, 0.2) is 24.3 Å².